The average Bonchev–Trinajstić information content (AvgIpc) is 2.39. The maximum atomic E-state index is 13.2. The number of halogens is 1. The molecule has 0 aliphatic heterocycles. The molecule has 0 fully saturated rings. The van der Waals surface area contributed by atoms with Crippen molar-refractivity contribution in [2.75, 3.05) is 11.9 Å². The molecular weight excluding hydrogens is 229 g/mol. The number of rotatable bonds is 6. The van der Waals surface area contributed by atoms with Gasteiger partial charge >= 0.3 is 0 Å². The van der Waals surface area contributed by atoms with Gasteiger partial charge in [0.1, 0.15) is 18.0 Å². The van der Waals surface area contributed by atoms with Gasteiger partial charge in [-0.15, -0.1) is 0 Å². The predicted molar refractivity (Wildman–Crippen MR) is 72.1 cm³/mol. The van der Waals surface area contributed by atoms with Crippen molar-refractivity contribution in [1.29, 1.82) is 0 Å². The summed E-state index contributed by atoms with van der Waals surface area (Å²) in [5.41, 5.74) is 0.766. The van der Waals surface area contributed by atoms with E-state index in [1.54, 1.807) is 6.07 Å². The Labute approximate surface area is 106 Å². The van der Waals surface area contributed by atoms with E-state index >= 15 is 0 Å². The molecule has 96 valence electrons. The van der Waals surface area contributed by atoms with E-state index in [2.05, 4.69) is 22.2 Å². The molecule has 4 heteroatoms. The molecule has 2 rings (SSSR count). The Morgan fingerprint density at radius 3 is 2.89 bits per heavy atom. The maximum absolute atomic E-state index is 13.2. The average molecular weight is 247 g/mol. The van der Waals surface area contributed by atoms with Crippen molar-refractivity contribution in [1.82, 2.24) is 9.97 Å². The number of benzene rings is 1. The quantitative estimate of drug-likeness (QED) is 0.790. The van der Waals surface area contributed by atoms with Crippen molar-refractivity contribution in [3.05, 3.63) is 30.3 Å². The third-order valence-electron chi connectivity index (χ3n) is 2.92. The summed E-state index contributed by atoms with van der Waals surface area (Å²) in [7, 11) is 0. The SMILES string of the molecule is CCCCCCNc1ncnc2ccc(F)cc12. The van der Waals surface area contributed by atoms with Crippen LogP contribution in [0.2, 0.25) is 0 Å². The Hall–Kier alpha value is -1.71. The number of hydrogen-bond donors (Lipinski definition) is 1. The number of aromatic nitrogens is 2. The van der Waals surface area contributed by atoms with Crippen molar-refractivity contribution < 1.29 is 4.39 Å². The maximum Gasteiger partial charge on any atom is 0.137 e. The summed E-state index contributed by atoms with van der Waals surface area (Å²) in [5.74, 6) is 0.460. The van der Waals surface area contributed by atoms with E-state index in [1.165, 1.54) is 37.7 Å². The van der Waals surface area contributed by atoms with Gasteiger partial charge in [-0.2, -0.15) is 0 Å². The molecule has 0 atom stereocenters. The molecule has 2 aromatic rings. The predicted octanol–water partition coefficient (Wildman–Crippen LogP) is 3.76. The van der Waals surface area contributed by atoms with Gasteiger partial charge in [0.2, 0.25) is 0 Å². The van der Waals surface area contributed by atoms with Gasteiger partial charge in [0.05, 0.1) is 5.52 Å². The van der Waals surface area contributed by atoms with Gasteiger partial charge in [-0.25, -0.2) is 14.4 Å². The standard InChI is InChI=1S/C14H18FN3/c1-2-3-4-5-8-16-14-12-9-11(15)6-7-13(12)17-10-18-14/h6-7,9-10H,2-5,8H2,1H3,(H,16,17,18). The number of nitrogens with one attached hydrogen (secondary N) is 1. The first-order valence-corrected chi connectivity index (χ1v) is 6.45. The highest BCUT2D eigenvalue weighted by molar-refractivity contribution is 5.88. The van der Waals surface area contributed by atoms with Gasteiger partial charge < -0.3 is 5.32 Å². The van der Waals surface area contributed by atoms with Crippen LogP contribution in [0.5, 0.6) is 0 Å². The van der Waals surface area contributed by atoms with Crippen LogP contribution in [0.4, 0.5) is 10.2 Å². The Kier molecular flexibility index (Phi) is 4.45. The Balaban J connectivity index is 2.05. The molecule has 0 saturated heterocycles. The van der Waals surface area contributed by atoms with Crippen LogP contribution >= 0.6 is 0 Å². The highest BCUT2D eigenvalue weighted by Gasteiger charge is 2.04. The van der Waals surface area contributed by atoms with Gasteiger partial charge in [0, 0.05) is 11.9 Å². The molecule has 1 aromatic heterocycles. The van der Waals surface area contributed by atoms with Gasteiger partial charge in [-0.05, 0) is 24.6 Å². The minimum Gasteiger partial charge on any atom is -0.369 e. The third kappa shape index (κ3) is 3.15. The molecule has 1 aromatic carbocycles. The molecule has 0 saturated carbocycles. The highest BCUT2D eigenvalue weighted by Crippen LogP contribution is 2.20. The lowest BCUT2D eigenvalue weighted by Gasteiger charge is -2.07. The molecule has 18 heavy (non-hydrogen) atoms. The fourth-order valence-corrected chi connectivity index (χ4v) is 1.93. The van der Waals surface area contributed by atoms with Gasteiger partial charge in [0.15, 0.2) is 0 Å². The van der Waals surface area contributed by atoms with Crippen LogP contribution in [0.1, 0.15) is 32.6 Å². The number of nitrogens with zero attached hydrogens (tertiary/aromatic N) is 2. The lowest BCUT2D eigenvalue weighted by atomic mass is 10.2. The van der Waals surface area contributed by atoms with Crippen molar-refractivity contribution >= 4 is 16.7 Å². The number of hydrogen-bond acceptors (Lipinski definition) is 3. The summed E-state index contributed by atoms with van der Waals surface area (Å²) < 4.78 is 13.2. The third-order valence-corrected chi connectivity index (χ3v) is 2.92. The Morgan fingerprint density at radius 1 is 1.17 bits per heavy atom. The number of unbranched alkanes of at least 4 members (excludes halogenated alkanes) is 3. The van der Waals surface area contributed by atoms with E-state index in [-0.39, 0.29) is 5.82 Å². The molecule has 0 unspecified atom stereocenters. The van der Waals surface area contributed by atoms with E-state index in [9.17, 15) is 4.39 Å². The molecule has 0 aliphatic rings. The Bertz CT molecular complexity index is 513. The molecule has 0 bridgehead atoms. The molecule has 1 heterocycles. The number of anilines is 1. The normalized spacial score (nSPS) is 10.8. The lowest BCUT2D eigenvalue weighted by molar-refractivity contribution is 0.629. The first kappa shape index (κ1) is 12.7. The second-order valence-corrected chi connectivity index (χ2v) is 4.37. The van der Waals surface area contributed by atoms with E-state index < -0.39 is 0 Å². The minimum absolute atomic E-state index is 0.258. The first-order valence-electron chi connectivity index (χ1n) is 6.45. The summed E-state index contributed by atoms with van der Waals surface area (Å²) in [4.78, 5) is 8.30. The van der Waals surface area contributed by atoms with Crippen molar-refractivity contribution in [3.8, 4) is 0 Å². The second-order valence-electron chi connectivity index (χ2n) is 4.37. The molecular formula is C14H18FN3. The molecule has 3 nitrogen and oxygen atoms in total. The van der Waals surface area contributed by atoms with Crippen LogP contribution in [0.15, 0.2) is 24.5 Å². The van der Waals surface area contributed by atoms with Gasteiger partial charge in [-0.1, -0.05) is 26.2 Å². The highest BCUT2D eigenvalue weighted by atomic mass is 19.1. The Morgan fingerprint density at radius 2 is 2.06 bits per heavy atom. The summed E-state index contributed by atoms with van der Waals surface area (Å²) in [6, 6.07) is 4.57. The van der Waals surface area contributed by atoms with Crippen molar-refractivity contribution in [3.63, 3.8) is 0 Å². The summed E-state index contributed by atoms with van der Waals surface area (Å²) in [6.07, 6.45) is 6.30. The largest absolute Gasteiger partial charge is 0.369 e. The molecule has 1 N–H and O–H groups in total. The molecule has 0 radical (unpaired) electrons. The molecule has 0 aliphatic carbocycles. The summed E-state index contributed by atoms with van der Waals surface area (Å²) >= 11 is 0. The van der Waals surface area contributed by atoms with E-state index in [4.69, 9.17) is 0 Å². The summed E-state index contributed by atoms with van der Waals surface area (Å²) in [5, 5.41) is 4.00. The lowest BCUT2D eigenvalue weighted by Crippen LogP contribution is -2.04. The van der Waals surface area contributed by atoms with Crippen molar-refractivity contribution in [2.24, 2.45) is 0 Å². The van der Waals surface area contributed by atoms with Crippen LogP contribution in [-0.4, -0.2) is 16.5 Å². The van der Waals surface area contributed by atoms with Gasteiger partial charge in [-0.3, -0.25) is 0 Å². The van der Waals surface area contributed by atoms with Crippen LogP contribution in [0.3, 0.4) is 0 Å². The minimum atomic E-state index is -0.258. The van der Waals surface area contributed by atoms with E-state index in [0.717, 1.165) is 29.7 Å². The second kappa shape index (κ2) is 6.28. The fourth-order valence-electron chi connectivity index (χ4n) is 1.93. The molecule has 0 amide bonds. The van der Waals surface area contributed by atoms with Crippen LogP contribution in [-0.2, 0) is 0 Å². The van der Waals surface area contributed by atoms with Crippen LogP contribution in [0, 0.1) is 5.82 Å². The van der Waals surface area contributed by atoms with E-state index in [0.29, 0.717) is 0 Å². The first-order chi connectivity index (χ1) is 8.81. The van der Waals surface area contributed by atoms with Crippen LogP contribution < -0.4 is 5.32 Å². The van der Waals surface area contributed by atoms with E-state index in [1.807, 2.05) is 0 Å². The molecule has 0 spiro atoms. The fraction of sp³-hybridized carbons (Fsp3) is 0.429. The topological polar surface area (TPSA) is 37.8 Å². The zero-order chi connectivity index (χ0) is 12.8. The smallest absolute Gasteiger partial charge is 0.137 e. The summed E-state index contributed by atoms with van der Waals surface area (Å²) in [6.45, 7) is 3.05. The monoisotopic (exact) mass is 247 g/mol. The zero-order valence-corrected chi connectivity index (χ0v) is 10.6. The van der Waals surface area contributed by atoms with Crippen LogP contribution in [0.25, 0.3) is 10.9 Å². The zero-order valence-electron chi connectivity index (χ0n) is 10.6. The van der Waals surface area contributed by atoms with Gasteiger partial charge in [0.25, 0.3) is 0 Å². The van der Waals surface area contributed by atoms with Crippen molar-refractivity contribution in [2.45, 2.75) is 32.6 Å². The number of fused-ring (bicyclic) bond motifs is 1.